The van der Waals surface area contributed by atoms with Crippen LogP contribution in [-0.2, 0) is 19.2 Å². The average Bonchev–Trinajstić information content (AvgIpc) is 3.78. The molecule has 13 heteroatoms. The Morgan fingerprint density at radius 3 is 2.28 bits per heavy atom. The van der Waals surface area contributed by atoms with Crippen LogP contribution in [0.4, 0.5) is 0 Å². The topological polar surface area (TPSA) is 183 Å². The minimum atomic E-state index is -1.40. The van der Waals surface area contributed by atoms with Gasteiger partial charge in [0.25, 0.3) is 11.8 Å². The average molecular weight is 656 g/mol. The monoisotopic (exact) mass is 655 g/mol. The lowest BCUT2D eigenvalue weighted by atomic mass is 9.82. The van der Waals surface area contributed by atoms with E-state index < -0.39 is 65.2 Å². The van der Waals surface area contributed by atoms with E-state index in [1.807, 2.05) is 34.6 Å². The van der Waals surface area contributed by atoms with Crippen LogP contribution in [0.25, 0.3) is 0 Å². The van der Waals surface area contributed by atoms with Gasteiger partial charge in [-0.05, 0) is 55.8 Å². The number of amides is 5. The van der Waals surface area contributed by atoms with Gasteiger partial charge in [-0.3, -0.25) is 29.0 Å². The molecule has 0 bridgehead atoms. The Hall–Kier alpha value is -3.61. The first-order chi connectivity index (χ1) is 22.3. The molecule has 0 aromatic carbocycles. The molecular weight excluding hydrogens is 602 g/mol. The summed E-state index contributed by atoms with van der Waals surface area (Å²) in [5.74, 6) is -2.39. The van der Waals surface area contributed by atoms with Crippen LogP contribution in [0.15, 0.2) is 18.6 Å². The number of likely N-dealkylation sites (tertiary alicyclic amines) is 1. The molecule has 6 atom stereocenters. The zero-order valence-corrected chi connectivity index (χ0v) is 28.5. The van der Waals surface area contributed by atoms with Crippen molar-refractivity contribution in [1.82, 2.24) is 36.1 Å². The van der Waals surface area contributed by atoms with E-state index in [9.17, 15) is 29.1 Å². The van der Waals surface area contributed by atoms with Crippen LogP contribution in [-0.4, -0.2) is 92.4 Å². The molecule has 2 aliphatic carbocycles. The van der Waals surface area contributed by atoms with Gasteiger partial charge in [-0.2, -0.15) is 0 Å². The van der Waals surface area contributed by atoms with Gasteiger partial charge in [-0.25, -0.2) is 4.98 Å². The second kappa shape index (κ2) is 16.0. The van der Waals surface area contributed by atoms with Crippen LogP contribution in [0.3, 0.4) is 0 Å². The molecule has 47 heavy (non-hydrogen) atoms. The van der Waals surface area contributed by atoms with Crippen molar-refractivity contribution in [3.05, 3.63) is 24.3 Å². The van der Waals surface area contributed by atoms with E-state index in [1.165, 1.54) is 23.5 Å². The van der Waals surface area contributed by atoms with Crippen LogP contribution in [0, 0.1) is 17.3 Å². The van der Waals surface area contributed by atoms with Crippen molar-refractivity contribution in [3.63, 3.8) is 0 Å². The van der Waals surface area contributed by atoms with Crippen molar-refractivity contribution in [3.8, 4) is 0 Å². The van der Waals surface area contributed by atoms with Gasteiger partial charge in [0.15, 0.2) is 6.10 Å². The van der Waals surface area contributed by atoms with E-state index in [2.05, 4.69) is 31.2 Å². The van der Waals surface area contributed by atoms with E-state index in [1.54, 1.807) is 0 Å². The van der Waals surface area contributed by atoms with Gasteiger partial charge in [-0.15, -0.1) is 0 Å². The zero-order valence-electron chi connectivity index (χ0n) is 28.5. The van der Waals surface area contributed by atoms with Crippen LogP contribution < -0.4 is 21.3 Å². The Kier molecular flexibility index (Phi) is 12.3. The van der Waals surface area contributed by atoms with E-state index in [4.69, 9.17) is 0 Å². The first-order valence-electron chi connectivity index (χ1n) is 17.3. The van der Waals surface area contributed by atoms with E-state index in [0.717, 1.165) is 44.9 Å². The van der Waals surface area contributed by atoms with Gasteiger partial charge in [0.05, 0.1) is 12.2 Å². The number of nitrogens with one attached hydrogen (secondary N) is 4. The van der Waals surface area contributed by atoms with Crippen molar-refractivity contribution in [2.75, 3.05) is 6.54 Å². The summed E-state index contributed by atoms with van der Waals surface area (Å²) in [7, 11) is 0. The Morgan fingerprint density at radius 1 is 0.979 bits per heavy atom. The summed E-state index contributed by atoms with van der Waals surface area (Å²) in [5.41, 5.74) is -0.631. The summed E-state index contributed by atoms with van der Waals surface area (Å²) in [6.45, 7) is 9.74. The number of rotatable bonds is 13. The van der Waals surface area contributed by atoms with Gasteiger partial charge in [0, 0.05) is 25.0 Å². The largest absolute Gasteiger partial charge is 0.381 e. The maximum Gasteiger partial charge on any atom is 0.272 e. The van der Waals surface area contributed by atoms with Crippen molar-refractivity contribution in [2.24, 2.45) is 17.3 Å². The highest BCUT2D eigenvalue weighted by molar-refractivity contribution is 5.98. The standard InChI is InChI=1S/C34H53N7O6/c1-6-10-23(27(42)32(46)37-22-13-14-22)38-30(44)25-17-20(2)19-41(25)33(47)28(34(3,4)5)40-31(45)26(21-11-8-7-9-12-21)39-29(43)24-18-35-15-16-36-24/h15-16,18,20-23,25-28,42H,6-14,17,19H2,1-5H3,(H,37,46)(H,38,44)(H,39,43)(H,40,45)/t20-,23+,25+,26+,27?,28-/m1/s1. The van der Waals surface area contributed by atoms with Crippen LogP contribution >= 0.6 is 0 Å². The van der Waals surface area contributed by atoms with Crippen LogP contribution in [0.1, 0.15) is 109 Å². The predicted octanol–water partition coefficient (Wildman–Crippen LogP) is 1.85. The quantitative estimate of drug-likeness (QED) is 0.213. The van der Waals surface area contributed by atoms with Gasteiger partial charge >= 0.3 is 0 Å². The molecule has 260 valence electrons. The van der Waals surface area contributed by atoms with Gasteiger partial charge in [-0.1, -0.05) is 60.3 Å². The summed E-state index contributed by atoms with van der Waals surface area (Å²) in [6, 6.07) is -3.43. The number of carbonyl (C=O) groups excluding carboxylic acids is 5. The molecule has 5 N–H and O–H groups in total. The third-order valence-electron chi connectivity index (χ3n) is 9.48. The lowest BCUT2D eigenvalue weighted by Crippen LogP contribution is -2.62. The lowest BCUT2D eigenvalue weighted by Gasteiger charge is -2.37. The zero-order chi connectivity index (χ0) is 34.3. The lowest BCUT2D eigenvalue weighted by molar-refractivity contribution is -0.145. The number of aliphatic hydroxyl groups excluding tert-OH is 1. The smallest absolute Gasteiger partial charge is 0.272 e. The first-order valence-corrected chi connectivity index (χ1v) is 17.3. The van der Waals surface area contributed by atoms with Gasteiger partial charge < -0.3 is 31.3 Å². The summed E-state index contributed by atoms with van der Waals surface area (Å²) < 4.78 is 0. The van der Waals surface area contributed by atoms with Crippen molar-refractivity contribution < 1.29 is 29.1 Å². The number of aromatic nitrogens is 2. The van der Waals surface area contributed by atoms with Crippen molar-refractivity contribution in [1.29, 1.82) is 0 Å². The predicted molar refractivity (Wildman–Crippen MR) is 175 cm³/mol. The number of nitrogens with zero attached hydrogens (tertiary/aromatic N) is 3. The molecule has 4 rings (SSSR count). The number of hydrogen-bond acceptors (Lipinski definition) is 8. The molecule has 1 aromatic heterocycles. The highest BCUT2D eigenvalue weighted by Gasteiger charge is 2.46. The molecule has 1 unspecified atom stereocenters. The van der Waals surface area contributed by atoms with E-state index in [0.29, 0.717) is 25.8 Å². The molecule has 1 aromatic rings. The van der Waals surface area contributed by atoms with Crippen molar-refractivity contribution in [2.45, 2.75) is 135 Å². The van der Waals surface area contributed by atoms with Crippen LogP contribution in [0.5, 0.6) is 0 Å². The van der Waals surface area contributed by atoms with Gasteiger partial charge in [0.2, 0.25) is 17.7 Å². The number of carbonyl (C=O) groups is 5. The fourth-order valence-corrected chi connectivity index (χ4v) is 6.68. The summed E-state index contributed by atoms with van der Waals surface area (Å²) in [6.07, 6.45) is 10.5. The molecule has 0 spiro atoms. The van der Waals surface area contributed by atoms with Crippen LogP contribution in [0.2, 0.25) is 0 Å². The Bertz CT molecular complexity index is 1260. The molecule has 5 amide bonds. The van der Waals surface area contributed by atoms with Gasteiger partial charge in [0.1, 0.15) is 23.8 Å². The van der Waals surface area contributed by atoms with Crippen molar-refractivity contribution >= 4 is 29.5 Å². The molecule has 2 heterocycles. The molecule has 3 aliphatic rings. The second-order valence-electron chi connectivity index (χ2n) is 14.7. The molecule has 3 fully saturated rings. The normalized spacial score (nSPS) is 22.8. The molecular formula is C34H53N7O6. The summed E-state index contributed by atoms with van der Waals surface area (Å²) in [4.78, 5) is 77.3. The molecule has 2 saturated carbocycles. The summed E-state index contributed by atoms with van der Waals surface area (Å²) in [5, 5.41) is 22.3. The SMILES string of the molecule is CCC[C@H](NC(=O)[C@@H]1C[C@@H](C)CN1C(=O)[C@@H](NC(=O)[C@@H](NC(=O)c1cnccn1)C1CCCCC1)C(C)(C)C)C(O)C(=O)NC1CC1. The maximum absolute atomic E-state index is 14.3. The fourth-order valence-electron chi connectivity index (χ4n) is 6.68. The molecule has 1 aliphatic heterocycles. The second-order valence-corrected chi connectivity index (χ2v) is 14.7. The number of hydrogen-bond donors (Lipinski definition) is 5. The third-order valence-corrected chi connectivity index (χ3v) is 9.48. The van der Waals surface area contributed by atoms with E-state index >= 15 is 0 Å². The minimum absolute atomic E-state index is 0.0139. The maximum atomic E-state index is 14.3. The molecule has 1 saturated heterocycles. The van der Waals surface area contributed by atoms with E-state index in [-0.39, 0.29) is 23.6 Å². The Morgan fingerprint density at radius 2 is 1.68 bits per heavy atom. The number of aliphatic hydroxyl groups is 1. The first kappa shape index (κ1) is 36.2. The molecule has 0 radical (unpaired) electrons. The third kappa shape index (κ3) is 9.71. The highest BCUT2D eigenvalue weighted by Crippen LogP contribution is 2.31. The highest BCUT2D eigenvalue weighted by atomic mass is 16.3. The molecule has 13 nitrogen and oxygen atoms in total. The Labute approximate surface area is 277 Å². The summed E-state index contributed by atoms with van der Waals surface area (Å²) >= 11 is 0. The fraction of sp³-hybridized carbons (Fsp3) is 0.735. The minimum Gasteiger partial charge on any atom is -0.381 e. The Balaban J connectivity index is 1.51.